The summed E-state index contributed by atoms with van der Waals surface area (Å²) < 4.78 is 9.92. The highest BCUT2D eigenvalue weighted by molar-refractivity contribution is 5.97. The third-order valence-electron chi connectivity index (χ3n) is 3.71. The van der Waals surface area contributed by atoms with Gasteiger partial charge in [0.2, 0.25) is 5.91 Å². The van der Waals surface area contributed by atoms with E-state index >= 15 is 0 Å². The monoisotopic (exact) mass is 360 g/mol. The molecule has 0 saturated heterocycles. The van der Waals surface area contributed by atoms with Gasteiger partial charge in [0, 0.05) is 12.6 Å². The first-order valence-electron chi connectivity index (χ1n) is 8.53. The van der Waals surface area contributed by atoms with Gasteiger partial charge in [0.1, 0.15) is 18.6 Å². The summed E-state index contributed by atoms with van der Waals surface area (Å²) in [6.07, 6.45) is 4.17. The molecule has 2 N–H and O–H groups in total. The van der Waals surface area contributed by atoms with Crippen LogP contribution in [0.1, 0.15) is 26.2 Å². The largest absolute Gasteiger partial charge is 0.495 e. The summed E-state index contributed by atoms with van der Waals surface area (Å²) in [5.41, 5.74) is 0.553. The van der Waals surface area contributed by atoms with Crippen LogP contribution in [0.4, 0.5) is 16.3 Å². The highest BCUT2D eigenvalue weighted by Gasteiger charge is 2.18. The number of methoxy groups -OCH3 is 1. The maximum Gasteiger partial charge on any atom is 0.322 e. The standard InChI is InChI=1S/C18H24N4O4/c1-3-4-7-11-22(13-17(23)20-16-10-12-26-21-16)18(24)19-14-8-5-6-9-15(14)25-2/h5-6,8-10,12H,3-4,7,11,13H2,1-2H3,(H,19,24)(H,20,21,23). The van der Waals surface area contributed by atoms with E-state index in [9.17, 15) is 9.59 Å². The Morgan fingerprint density at radius 3 is 2.69 bits per heavy atom. The zero-order valence-electron chi connectivity index (χ0n) is 15.0. The lowest BCUT2D eigenvalue weighted by molar-refractivity contribution is -0.116. The van der Waals surface area contributed by atoms with Crippen molar-refractivity contribution >= 4 is 23.4 Å². The van der Waals surface area contributed by atoms with Gasteiger partial charge in [0.25, 0.3) is 0 Å². The van der Waals surface area contributed by atoms with Crippen LogP contribution in [0.3, 0.4) is 0 Å². The number of rotatable bonds is 9. The first-order chi connectivity index (χ1) is 12.6. The third-order valence-corrected chi connectivity index (χ3v) is 3.71. The number of nitrogens with zero attached hydrogens (tertiary/aromatic N) is 2. The Morgan fingerprint density at radius 1 is 1.19 bits per heavy atom. The molecule has 0 spiro atoms. The molecule has 0 unspecified atom stereocenters. The highest BCUT2D eigenvalue weighted by Crippen LogP contribution is 2.23. The molecule has 0 radical (unpaired) electrons. The lowest BCUT2D eigenvalue weighted by atomic mass is 10.2. The Kier molecular flexibility index (Phi) is 7.48. The minimum Gasteiger partial charge on any atom is -0.495 e. The molecule has 8 nitrogen and oxygen atoms in total. The van der Waals surface area contributed by atoms with Gasteiger partial charge in [-0.2, -0.15) is 0 Å². The van der Waals surface area contributed by atoms with Crippen LogP contribution in [0.2, 0.25) is 0 Å². The molecule has 0 aliphatic carbocycles. The molecular formula is C18H24N4O4. The molecule has 2 rings (SSSR count). The van der Waals surface area contributed by atoms with E-state index in [0.29, 0.717) is 23.8 Å². The molecule has 0 saturated carbocycles. The van der Waals surface area contributed by atoms with Crippen LogP contribution in [-0.4, -0.2) is 42.2 Å². The highest BCUT2D eigenvalue weighted by atomic mass is 16.5. The maximum absolute atomic E-state index is 12.7. The van der Waals surface area contributed by atoms with E-state index in [-0.39, 0.29) is 18.5 Å². The van der Waals surface area contributed by atoms with Crippen LogP contribution in [0.15, 0.2) is 41.1 Å². The number of urea groups is 1. The van der Waals surface area contributed by atoms with E-state index in [0.717, 1.165) is 19.3 Å². The van der Waals surface area contributed by atoms with Crippen LogP contribution in [0.25, 0.3) is 0 Å². The number of benzene rings is 1. The number of carbonyl (C=O) groups excluding carboxylic acids is 2. The summed E-state index contributed by atoms with van der Waals surface area (Å²) in [6.45, 7) is 2.47. The number of aromatic nitrogens is 1. The zero-order chi connectivity index (χ0) is 18.8. The normalized spacial score (nSPS) is 10.2. The van der Waals surface area contributed by atoms with Crippen LogP contribution in [0.5, 0.6) is 5.75 Å². The second-order valence-corrected chi connectivity index (χ2v) is 5.69. The van der Waals surface area contributed by atoms with Gasteiger partial charge >= 0.3 is 6.03 Å². The molecule has 1 heterocycles. The van der Waals surface area contributed by atoms with Crippen molar-refractivity contribution in [3.05, 3.63) is 36.6 Å². The summed E-state index contributed by atoms with van der Waals surface area (Å²) in [5.74, 6) is 0.528. The average molecular weight is 360 g/mol. The van der Waals surface area contributed by atoms with Crippen molar-refractivity contribution in [1.82, 2.24) is 10.1 Å². The molecule has 1 aromatic carbocycles. The first kappa shape index (κ1) is 19.3. The summed E-state index contributed by atoms with van der Waals surface area (Å²) in [5, 5.41) is 9.03. The van der Waals surface area contributed by atoms with Gasteiger partial charge in [0.05, 0.1) is 12.8 Å². The topological polar surface area (TPSA) is 96.7 Å². The van der Waals surface area contributed by atoms with Crippen LogP contribution >= 0.6 is 0 Å². The van der Waals surface area contributed by atoms with Crippen molar-refractivity contribution < 1.29 is 18.8 Å². The van der Waals surface area contributed by atoms with E-state index in [1.165, 1.54) is 24.3 Å². The van der Waals surface area contributed by atoms with Crippen molar-refractivity contribution in [2.75, 3.05) is 30.8 Å². The fourth-order valence-corrected chi connectivity index (χ4v) is 2.38. The Bertz CT molecular complexity index is 703. The van der Waals surface area contributed by atoms with Crippen molar-refractivity contribution in [1.29, 1.82) is 0 Å². The second kappa shape index (κ2) is 10.1. The van der Waals surface area contributed by atoms with Crippen LogP contribution < -0.4 is 15.4 Å². The number of unbranched alkanes of at least 4 members (excludes halogenated alkanes) is 2. The SMILES string of the molecule is CCCCCN(CC(=O)Nc1ccon1)C(=O)Nc1ccccc1OC. The van der Waals surface area contributed by atoms with Crippen molar-refractivity contribution in [3.8, 4) is 5.75 Å². The molecular weight excluding hydrogens is 336 g/mol. The molecule has 0 fully saturated rings. The number of hydrogen-bond acceptors (Lipinski definition) is 5. The maximum atomic E-state index is 12.7. The third kappa shape index (κ3) is 5.80. The fourth-order valence-electron chi connectivity index (χ4n) is 2.38. The Hall–Kier alpha value is -3.03. The molecule has 8 heteroatoms. The number of anilines is 2. The minimum atomic E-state index is -0.360. The predicted octanol–water partition coefficient (Wildman–Crippen LogP) is 3.35. The predicted molar refractivity (Wildman–Crippen MR) is 98.2 cm³/mol. The Balaban J connectivity index is 2.02. The van der Waals surface area contributed by atoms with Gasteiger partial charge in [-0.05, 0) is 18.6 Å². The number of ether oxygens (including phenoxy) is 1. The molecule has 0 aliphatic rings. The van der Waals surface area contributed by atoms with Crippen LogP contribution in [0, 0.1) is 0 Å². The van der Waals surface area contributed by atoms with Crippen LogP contribution in [-0.2, 0) is 4.79 Å². The fraction of sp³-hybridized carbons (Fsp3) is 0.389. The van der Waals surface area contributed by atoms with Crippen molar-refractivity contribution in [2.24, 2.45) is 0 Å². The average Bonchev–Trinajstić information content (AvgIpc) is 3.14. The van der Waals surface area contributed by atoms with Gasteiger partial charge < -0.3 is 24.8 Å². The summed E-state index contributed by atoms with van der Waals surface area (Å²) >= 11 is 0. The van der Waals surface area contributed by atoms with Gasteiger partial charge in [-0.1, -0.05) is 37.1 Å². The first-order valence-corrected chi connectivity index (χ1v) is 8.53. The van der Waals surface area contributed by atoms with Crippen molar-refractivity contribution in [2.45, 2.75) is 26.2 Å². The Labute approximate surface area is 152 Å². The molecule has 2 aromatic rings. The minimum absolute atomic E-state index is 0.0858. The van der Waals surface area contributed by atoms with E-state index in [2.05, 4.69) is 27.2 Å². The number of hydrogen-bond donors (Lipinski definition) is 2. The summed E-state index contributed by atoms with van der Waals surface area (Å²) in [4.78, 5) is 26.3. The lowest BCUT2D eigenvalue weighted by Crippen LogP contribution is -2.41. The molecule has 3 amide bonds. The zero-order valence-corrected chi connectivity index (χ0v) is 15.0. The van der Waals surface area contributed by atoms with Gasteiger partial charge in [-0.25, -0.2) is 4.79 Å². The van der Waals surface area contributed by atoms with E-state index in [1.54, 1.807) is 18.2 Å². The number of para-hydroxylation sites is 2. The summed E-state index contributed by atoms with van der Waals surface area (Å²) in [6, 6.07) is 8.30. The smallest absolute Gasteiger partial charge is 0.322 e. The van der Waals surface area contributed by atoms with E-state index in [4.69, 9.17) is 4.74 Å². The Morgan fingerprint density at radius 2 is 2.00 bits per heavy atom. The molecule has 1 aromatic heterocycles. The number of carbonyl (C=O) groups is 2. The van der Waals surface area contributed by atoms with E-state index in [1.807, 2.05) is 6.07 Å². The van der Waals surface area contributed by atoms with Crippen molar-refractivity contribution in [3.63, 3.8) is 0 Å². The summed E-state index contributed by atoms with van der Waals surface area (Å²) in [7, 11) is 1.54. The number of amides is 3. The number of nitrogens with one attached hydrogen (secondary N) is 2. The van der Waals surface area contributed by atoms with Gasteiger partial charge in [-0.3, -0.25) is 4.79 Å². The van der Waals surface area contributed by atoms with E-state index < -0.39 is 0 Å². The molecule has 0 atom stereocenters. The lowest BCUT2D eigenvalue weighted by Gasteiger charge is -2.23. The quantitative estimate of drug-likeness (QED) is 0.669. The molecule has 140 valence electrons. The van der Waals surface area contributed by atoms with Gasteiger partial charge in [-0.15, -0.1) is 0 Å². The molecule has 0 bridgehead atoms. The second-order valence-electron chi connectivity index (χ2n) is 5.69. The molecule has 26 heavy (non-hydrogen) atoms. The van der Waals surface area contributed by atoms with Gasteiger partial charge in [0.15, 0.2) is 5.82 Å². The molecule has 0 aliphatic heterocycles.